The van der Waals surface area contributed by atoms with Gasteiger partial charge in [-0.2, -0.15) is 5.26 Å². The van der Waals surface area contributed by atoms with Crippen LogP contribution in [0.25, 0.3) is 0 Å². The van der Waals surface area contributed by atoms with Gasteiger partial charge in [0, 0.05) is 17.8 Å². The van der Waals surface area contributed by atoms with Gasteiger partial charge < -0.3 is 4.74 Å². The second-order valence-electron chi connectivity index (χ2n) is 4.14. The molecular formula is C16H15NOS. The molecule has 2 rings (SSSR count). The molecule has 0 spiro atoms. The van der Waals surface area contributed by atoms with E-state index in [9.17, 15) is 0 Å². The quantitative estimate of drug-likeness (QED) is 0.769. The molecule has 0 aromatic heterocycles. The van der Waals surface area contributed by atoms with Crippen LogP contribution in [0.3, 0.4) is 0 Å². The molecule has 2 aromatic carbocycles. The highest BCUT2D eigenvalue weighted by atomic mass is 32.2. The second-order valence-corrected chi connectivity index (χ2v) is 5.16. The maximum atomic E-state index is 8.93. The van der Waals surface area contributed by atoms with E-state index in [0.29, 0.717) is 12.2 Å². The monoisotopic (exact) mass is 269 g/mol. The van der Waals surface area contributed by atoms with Gasteiger partial charge in [0.05, 0.1) is 18.2 Å². The summed E-state index contributed by atoms with van der Waals surface area (Å²) < 4.78 is 5.20. The van der Waals surface area contributed by atoms with E-state index in [1.54, 1.807) is 18.9 Å². The maximum Gasteiger partial charge on any atom is 0.0991 e. The largest absolute Gasteiger partial charge is 0.380 e. The fraction of sp³-hybridized carbons (Fsp3) is 0.188. The molecule has 0 N–H and O–H groups in total. The Morgan fingerprint density at radius 3 is 2.63 bits per heavy atom. The molecule has 0 saturated carbocycles. The lowest BCUT2D eigenvalue weighted by molar-refractivity contribution is 0.183. The number of hydrogen-bond acceptors (Lipinski definition) is 3. The van der Waals surface area contributed by atoms with E-state index in [0.717, 1.165) is 11.3 Å². The molecule has 0 saturated heterocycles. The van der Waals surface area contributed by atoms with Crippen molar-refractivity contribution in [2.24, 2.45) is 0 Å². The van der Waals surface area contributed by atoms with Crippen molar-refractivity contribution in [3.63, 3.8) is 0 Å². The van der Waals surface area contributed by atoms with Crippen molar-refractivity contribution >= 4 is 11.8 Å². The average molecular weight is 269 g/mol. The number of ether oxygens (including phenoxy) is 1. The lowest BCUT2D eigenvalue weighted by Gasteiger charge is -2.09. The third-order valence-corrected chi connectivity index (χ3v) is 3.91. The van der Waals surface area contributed by atoms with Crippen molar-refractivity contribution < 1.29 is 4.74 Å². The van der Waals surface area contributed by atoms with Gasteiger partial charge in [-0.3, -0.25) is 0 Å². The molecule has 2 nitrogen and oxygen atoms in total. The molecule has 0 radical (unpaired) electrons. The Bertz CT molecular complexity index is 575. The Hall–Kier alpha value is -1.76. The van der Waals surface area contributed by atoms with Crippen LogP contribution in [-0.2, 0) is 17.1 Å². The summed E-state index contributed by atoms with van der Waals surface area (Å²) in [6.07, 6.45) is 0. The molecule has 96 valence electrons. The summed E-state index contributed by atoms with van der Waals surface area (Å²) in [6.45, 7) is 0.534. The summed E-state index contributed by atoms with van der Waals surface area (Å²) in [7, 11) is 1.67. The lowest BCUT2D eigenvalue weighted by Crippen LogP contribution is -1.92. The third-order valence-electron chi connectivity index (χ3n) is 2.73. The van der Waals surface area contributed by atoms with Gasteiger partial charge in [-0.1, -0.05) is 30.3 Å². The molecule has 0 unspecified atom stereocenters. The van der Waals surface area contributed by atoms with Gasteiger partial charge in [-0.05, 0) is 29.3 Å². The Kier molecular flexibility index (Phi) is 5.02. The molecule has 0 bridgehead atoms. The Balaban J connectivity index is 2.13. The number of nitriles is 1. The zero-order valence-corrected chi connectivity index (χ0v) is 11.6. The summed E-state index contributed by atoms with van der Waals surface area (Å²) in [5, 5.41) is 8.93. The van der Waals surface area contributed by atoms with Crippen molar-refractivity contribution in [3.05, 3.63) is 65.2 Å². The normalized spacial score (nSPS) is 10.1. The summed E-state index contributed by atoms with van der Waals surface area (Å²) >= 11 is 1.77. The van der Waals surface area contributed by atoms with Gasteiger partial charge in [0.2, 0.25) is 0 Å². The predicted molar refractivity (Wildman–Crippen MR) is 77.9 cm³/mol. The molecule has 0 aliphatic heterocycles. The zero-order chi connectivity index (χ0) is 13.5. The predicted octanol–water partition coefficient (Wildman–Crippen LogP) is 4.00. The fourth-order valence-corrected chi connectivity index (χ4v) is 2.78. The smallest absolute Gasteiger partial charge is 0.0991 e. The van der Waals surface area contributed by atoms with Crippen LogP contribution < -0.4 is 0 Å². The van der Waals surface area contributed by atoms with Gasteiger partial charge in [-0.15, -0.1) is 11.8 Å². The number of thioether (sulfide) groups is 1. The topological polar surface area (TPSA) is 33.0 Å². The highest BCUT2D eigenvalue weighted by molar-refractivity contribution is 7.98. The molecule has 0 fully saturated rings. The first-order valence-corrected chi connectivity index (χ1v) is 7.00. The van der Waals surface area contributed by atoms with E-state index < -0.39 is 0 Å². The summed E-state index contributed by atoms with van der Waals surface area (Å²) in [6, 6.07) is 18.3. The van der Waals surface area contributed by atoms with Crippen LogP contribution in [0.5, 0.6) is 0 Å². The Morgan fingerprint density at radius 2 is 1.95 bits per heavy atom. The standard InChI is InChI=1S/C16H15NOS/c1-18-11-15-9-14(10-17)7-8-16(15)19-12-13-5-3-2-4-6-13/h2-9H,11-12H2,1H3. The van der Waals surface area contributed by atoms with Gasteiger partial charge in [0.1, 0.15) is 0 Å². The molecule has 0 atom stereocenters. The Labute approximate surface area is 118 Å². The zero-order valence-electron chi connectivity index (χ0n) is 10.8. The van der Waals surface area contributed by atoms with Crippen molar-refractivity contribution in [1.29, 1.82) is 5.26 Å². The van der Waals surface area contributed by atoms with E-state index in [1.807, 2.05) is 36.4 Å². The van der Waals surface area contributed by atoms with E-state index in [4.69, 9.17) is 10.00 Å². The van der Waals surface area contributed by atoms with Crippen LogP contribution in [0.4, 0.5) is 0 Å². The van der Waals surface area contributed by atoms with Crippen LogP contribution in [0.2, 0.25) is 0 Å². The average Bonchev–Trinajstić information content (AvgIpc) is 2.47. The number of methoxy groups -OCH3 is 1. The third kappa shape index (κ3) is 3.85. The highest BCUT2D eigenvalue weighted by Gasteiger charge is 2.05. The van der Waals surface area contributed by atoms with Gasteiger partial charge in [0.25, 0.3) is 0 Å². The first kappa shape index (κ1) is 13.7. The molecule has 0 aliphatic carbocycles. The van der Waals surface area contributed by atoms with E-state index in [2.05, 4.69) is 18.2 Å². The van der Waals surface area contributed by atoms with Crippen molar-refractivity contribution in [2.45, 2.75) is 17.3 Å². The van der Waals surface area contributed by atoms with Crippen LogP contribution >= 0.6 is 11.8 Å². The summed E-state index contributed by atoms with van der Waals surface area (Å²) in [4.78, 5) is 1.17. The molecule has 19 heavy (non-hydrogen) atoms. The Morgan fingerprint density at radius 1 is 1.16 bits per heavy atom. The number of rotatable bonds is 5. The molecule has 2 aromatic rings. The van der Waals surface area contributed by atoms with Gasteiger partial charge in [-0.25, -0.2) is 0 Å². The molecular weight excluding hydrogens is 254 g/mol. The molecule has 3 heteroatoms. The first-order valence-electron chi connectivity index (χ1n) is 6.02. The number of nitrogens with zero attached hydrogens (tertiary/aromatic N) is 1. The SMILES string of the molecule is COCc1cc(C#N)ccc1SCc1ccccc1. The number of benzene rings is 2. The second kappa shape index (κ2) is 6.98. The fourth-order valence-electron chi connectivity index (χ4n) is 1.79. The van der Waals surface area contributed by atoms with Crippen molar-refractivity contribution in [1.82, 2.24) is 0 Å². The van der Waals surface area contributed by atoms with Crippen molar-refractivity contribution in [2.75, 3.05) is 7.11 Å². The maximum absolute atomic E-state index is 8.93. The minimum Gasteiger partial charge on any atom is -0.380 e. The summed E-state index contributed by atoms with van der Waals surface area (Å²) in [5.74, 6) is 0.920. The van der Waals surface area contributed by atoms with Gasteiger partial charge in [0.15, 0.2) is 0 Å². The summed E-state index contributed by atoms with van der Waals surface area (Å²) in [5.41, 5.74) is 3.04. The minimum atomic E-state index is 0.534. The van der Waals surface area contributed by atoms with Crippen molar-refractivity contribution in [3.8, 4) is 6.07 Å². The van der Waals surface area contributed by atoms with Crippen LogP contribution in [-0.4, -0.2) is 7.11 Å². The molecule has 0 amide bonds. The molecule has 0 heterocycles. The molecule has 0 aliphatic rings. The minimum absolute atomic E-state index is 0.534. The first-order chi connectivity index (χ1) is 9.33. The van der Waals surface area contributed by atoms with Crippen LogP contribution in [0.1, 0.15) is 16.7 Å². The highest BCUT2D eigenvalue weighted by Crippen LogP contribution is 2.27. The lowest BCUT2D eigenvalue weighted by atomic mass is 10.1. The van der Waals surface area contributed by atoms with Crippen LogP contribution in [0, 0.1) is 11.3 Å². The van der Waals surface area contributed by atoms with Gasteiger partial charge >= 0.3 is 0 Å². The van der Waals surface area contributed by atoms with E-state index in [-0.39, 0.29) is 0 Å². The number of hydrogen-bond donors (Lipinski definition) is 0. The van der Waals surface area contributed by atoms with E-state index in [1.165, 1.54) is 10.5 Å². The van der Waals surface area contributed by atoms with E-state index >= 15 is 0 Å². The van der Waals surface area contributed by atoms with Crippen LogP contribution in [0.15, 0.2) is 53.4 Å².